The van der Waals surface area contributed by atoms with E-state index in [4.69, 9.17) is 0 Å². The number of rotatable bonds is 5. The quantitative estimate of drug-likeness (QED) is 0.810. The lowest BCUT2D eigenvalue weighted by atomic mass is 9.88. The van der Waals surface area contributed by atoms with Gasteiger partial charge < -0.3 is 5.11 Å². The minimum absolute atomic E-state index is 0. The Labute approximate surface area is 156 Å². The number of benzene rings is 2. The lowest BCUT2D eigenvalue weighted by molar-refractivity contribution is 0.0499. The predicted octanol–water partition coefficient (Wildman–Crippen LogP) is 4.27. The molecule has 1 aliphatic rings. The second-order valence-electron chi connectivity index (χ2n) is 6.66. The van der Waals surface area contributed by atoms with Crippen molar-refractivity contribution in [3.8, 4) is 0 Å². The van der Waals surface area contributed by atoms with Gasteiger partial charge in [-0.25, -0.2) is 0 Å². The van der Waals surface area contributed by atoms with Crippen LogP contribution >= 0.6 is 12.4 Å². The summed E-state index contributed by atoms with van der Waals surface area (Å²) in [4.78, 5) is 15.0. The van der Waals surface area contributed by atoms with Crippen molar-refractivity contribution in [3.05, 3.63) is 71.8 Å². The van der Waals surface area contributed by atoms with E-state index in [2.05, 4.69) is 4.90 Å². The molecule has 1 saturated heterocycles. The highest BCUT2D eigenvalue weighted by Crippen LogP contribution is 2.30. The normalized spacial score (nSPS) is 22.0. The molecule has 1 aliphatic heterocycles. The van der Waals surface area contributed by atoms with Crippen LogP contribution in [0.4, 0.5) is 0 Å². The van der Waals surface area contributed by atoms with Gasteiger partial charge in [-0.1, -0.05) is 60.7 Å². The summed E-state index contributed by atoms with van der Waals surface area (Å²) in [7, 11) is 2.02. The highest BCUT2D eigenvalue weighted by Gasteiger charge is 2.33. The summed E-state index contributed by atoms with van der Waals surface area (Å²) in [6, 6.07) is 19.4. The summed E-state index contributed by atoms with van der Waals surface area (Å²) in [6.45, 7) is 0. The fraction of sp³-hybridized carbons (Fsp3) is 0.381. The van der Waals surface area contributed by atoms with Gasteiger partial charge in [-0.3, -0.25) is 9.69 Å². The first-order chi connectivity index (χ1) is 11.7. The Balaban J connectivity index is 0.00000225. The maximum Gasteiger partial charge on any atom is 0.179 e. The van der Waals surface area contributed by atoms with Gasteiger partial charge in [0.15, 0.2) is 5.78 Å². The van der Waals surface area contributed by atoms with Crippen molar-refractivity contribution in [1.29, 1.82) is 0 Å². The van der Waals surface area contributed by atoms with Gasteiger partial charge in [-0.2, -0.15) is 0 Å². The molecule has 3 rings (SSSR count). The first-order valence-electron chi connectivity index (χ1n) is 8.71. The van der Waals surface area contributed by atoms with Crippen LogP contribution in [0, 0.1) is 0 Å². The van der Waals surface area contributed by atoms with Crippen LogP contribution in [-0.4, -0.2) is 34.9 Å². The van der Waals surface area contributed by atoms with Crippen LogP contribution in [0.3, 0.4) is 0 Å². The molecule has 0 saturated carbocycles. The van der Waals surface area contributed by atoms with E-state index in [0.29, 0.717) is 6.42 Å². The Bertz CT molecular complexity index is 662. The summed E-state index contributed by atoms with van der Waals surface area (Å²) < 4.78 is 0. The van der Waals surface area contributed by atoms with Gasteiger partial charge in [-0.05, 0) is 38.3 Å². The molecule has 0 spiro atoms. The minimum atomic E-state index is -0.482. The van der Waals surface area contributed by atoms with Crippen LogP contribution < -0.4 is 0 Å². The number of halogens is 1. The molecule has 1 N–H and O–H groups in total. The summed E-state index contributed by atoms with van der Waals surface area (Å²) in [5, 5.41) is 10.5. The first-order valence-corrected chi connectivity index (χ1v) is 8.71. The Morgan fingerprint density at radius 3 is 2.32 bits per heavy atom. The summed E-state index contributed by atoms with van der Waals surface area (Å²) in [6.07, 6.45) is 3.13. The third kappa shape index (κ3) is 4.69. The monoisotopic (exact) mass is 359 g/mol. The molecule has 0 aromatic heterocycles. The smallest absolute Gasteiger partial charge is 0.179 e. The number of ketones is 1. The average molecular weight is 360 g/mol. The largest absolute Gasteiger partial charge is 0.388 e. The maximum absolute atomic E-state index is 12.8. The molecule has 1 fully saturated rings. The van der Waals surface area contributed by atoms with Gasteiger partial charge in [0.25, 0.3) is 0 Å². The Kier molecular flexibility index (Phi) is 7.18. The molecule has 3 unspecified atom stereocenters. The van der Waals surface area contributed by atoms with E-state index >= 15 is 0 Å². The molecule has 3 nitrogen and oxygen atoms in total. The van der Waals surface area contributed by atoms with Crippen LogP contribution in [0.15, 0.2) is 60.7 Å². The molecular weight excluding hydrogens is 334 g/mol. The third-order valence-electron chi connectivity index (χ3n) is 5.12. The maximum atomic E-state index is 12.8. The zero-order valence-electron chi connectivity index (χ0n) is 14.5. The standard InChI is InChI=1S/C21H25NO2.ClH/c1-22-18(15-20(23)16-9-4-2-5-10-16)13-8-14-19(22)21(24)17-11-6-3-7-12-17;/h2-7,9-12,18-20,23H,8,13-15H2,1H3;1H. The lowest BCUT2D eigenvalue weighted by Crippen LogP contribution is -2.48. The molecule has 4 heteroatoms. The molecule has 0 radical (unpaired) electrons. The van der Waals surface area contributed by atoms with Crippen LogP contribution in [0.5, 0.6) is 0 Å². The molecule has 0 aliphatic carbocycles. The van der Waals surface area contributed by atoms with Gasteiger partial charge in [0.05, 0.1) is 12.1 Å². The Morgan fingerprint density at radius 2 is 1.68 bits per heavy atom. The zero-order valence-corrected chi connectivity index (χ0v) is 15.4. The fourth-order valence-electron chi connectivity index (χ4n) is 3.67. The number of piperidine rings is 1. The predicted molar refractivity (Wildman–Crippen MR) is 103 cm³/mol. The number of likely N-dealkylation sites (N-methyl/N-ethyl adjacent to an activating group) is 1. The number of nitrogens with zero attached hydrogens (tertiary/aromatic N) is 1. The molecule has 134 valence electrons. The topological polar surface area (TPSA) is 40.5 Å². The molecular formula is C21H26ClNO2. The summed E-state index contributed by atoms with van der Waals surface area (Å²) in [5.74, 6) is 0.192. The number of likely N-dealkylation sites (tertiary alicyclic amines) is 1. The molecule has 1 heterocycles. The van der Waals surface area contributed by atoms with Gasteiger partial charge in [0, 0.05) is 11.6 Å². The fourth-order valence-corrected chi connectivity index (χ4v) is 3.67. The third-order valence-corrected chi connectivity index (χ3v) is 5.12. The van der Waals surface area contributed by atoms with E-state index in [1.807, 2.05) is 67.7 Å². The number of aliphatic hydroxyl groups is 1. The van der Waals surface area contributed by atoms with E-state index in [9.17, 15) is 9.90 Å². The summed E-state index contributed by atoms with van der Waals surface area (Å²) in [5.41, 5.74) is 1.72. The number of hydrogen-bond acceptors (Lipinski definition) is 3. The highest BCUT2D eigenvalue weighted by atomic mass is 35.5. The number of carbonyl (C=O) groups is 1. The van der Waals surface area contributed by atoms with Gasteiger partial charge >= 0.3 is 0 Å². The van der Waals surface area contributed by atoms with Gasteiger partial charge in [0.1, 0.15) is 0 Å². The molecule has 3 atom stereocenters. The van der Waals surface area contributed by atoms with Gasteiger partial charge in [-0.15, -0.1) is 12.4 Å². The first kappa shape index (κ1) is 19.6. The van der Waals surface area contributed by atoms with E-state index in [1.54, 1.807) is 0 Å². The van der Waals surface area contributed by atoms with Crippen LogP contribution in [-0.2, 0) is 0 Å². The number of hydrogen-bond donors (Lipinski definition) is 1. The van der Waals surface area contributed by atoms with E-state index in [0.717, 1.165) is 30.4 Å². The van der Waals surface area contributed by atoms with Crippen molar-refractivity contribution in [1.82, 2.24) is 4.90 Å². The number of Topliss-reactive ketones (excluding diaryl/α,β-unsaturated/α-hetero) is 1. The molecule has 25 heavy (non-hydrogen) atoms. The van der Waals surface area contributed by atoms with Crippen molar-refractivity contribution in [3.63, 3.8) is 0 Å². The number of carbonyl (C=O) groups excluding carboxylic acids is 1. The second-order valence-corrected chi connectivity index (χ2v) is 6.66. The van der Waals surface area contributed by atoms with Crippen LogP contribution in [0.2, 0.25) is 0 Å². The molecule has 2 aromatic rings. The Hall–Kier alpha value is -1.68. The van der Waals surface area contributed by atoms with Crippen LogP contribution in [0.25, 0.3) is 0 Å². The molecule has 0 bridgehead atoms. The van der Waals surface area contributed by atoms with E-state index in [-0.39, 0.29) is 30.3 Å². The molecule has 0 amide bonds. The van der Waals surface area contributed by atoms with Crippen molar-refractivity contribution >= 4 is 18.2 Å². The van der Waals surface area contributed by atoms with Crippen molar-refractivity contribution in [2.45, 2.75) is 43.9 Å². The van der Waals surface area contributed by atoms with Crippen LogP contribution in [0.1, 0.15) is 47.7 Å². The van der Waals surface area contributed by atoms with Gasteiger partial charge in [0.2, 0.25) is 0 Å². The average Bonchev–Trinajstić information content (AvgIpc) is 2.64. The highest BCUT2D eigenvalue weighted by molar-refractivity contribution is 6.00. The zero-order chi connectivity index (χ0) is 16.9. The lowest BCUT2D eigenvalue weighted by Gasteiger charge is -2.39. The minimum Gasteiger partial charge on any atom is -0.388 e. The summed E-state index contributed by atoms with van der Waals surface area (Å²) >= 11 is 0. The van der Waals surface area contributed by atoms with Crippen molar-refractivity contribution < 1.29 is 9.90 Å². The second kappa shape index (κ2) is 9.14. The van der Waals surface area contributed by atoms with Crippen molar-refractivity contribution in [2.75, 3.05) is 7.05 Å². The van der Waals surface area contributed by atoms with E-state index < -0.39 is 6.10 Å². The van der Waals surface area contributed by atoms with Crippen molar-refractivity contribution in [2.24, 2.45) is 0 Å². The number of aliphatic hydroxyl groups excluding tert-OH is 1. The van der Waals surface area contributed by atoms with E-state index in [1.165, 1.54) is 0 Å². The molecule has 2 aromatic carbocycles. The Morgan fingerprint density at radius 1 is 1.08 bits per heavy atom. The SMILES string of the molecule is CN1C(CC(O)c2ccccc2)CCCC1C(=O)c1ccccc1.Cl.